The third-order valence-electron chi connectivity index (χ3n) is 3.43. The number of rotatable bonds is 5. The van der Waals surface area contributed by atoms with Crippen molar-refractivity contribution >= 4 is 5.69 Å². The summed E-state index contributed by atoms with van der Waals surface area (Å²) in [5.41, 5.74) is 2.56. The van der Waals surface area contributed by atoms with Gasteiger partial charge in [-0.15, -0.1) is 0 Å². The Bertz CT molecular complexity index is 358. The summed E-state index contributed by atoms with van der Waals surface area (Å²) in [5, 5.41) is 8.12. The average Bonchev–Trinajstić information content (AvgIpc) is 2.92. The molecule has 17 heavy (non-hydrogen) atoms. The molecule has 4 nitrogen and oxygen atoms in total. The van der Waals surface area contributed by atoms with Gasteiger partial charge in [0.05, 0.1) is 11.4 Å². The minimum absolute atomic E-state index is 0.653. The third-order valence-corrected chi connectivity index (χ3v) is 3.43. The summed E-state index contributed by atoms with van der Waals surface area (Å²) in [6.07, 6.45) is 5.63. The second kappa shape index (κ2) is 5.54. The molecule has 0 spiro atoms. The van der Waals surface area contributed by atoms with Gasteiger partial charge in [0.1, 0.15) is 0 Å². The standard InChI is InChI=1S/C13H24N4/c1-4-7-14-11-6-8-17(9-11)13-10-16(3)15-12(13)5-2/h10-11,14H,4-9H2,1-3H3. The highest BCUT2D eigenvalue weighted by Crippen LogP contribution is 2.24. The Morgan fingerprint density at radius 3 is 3.00 bits per heavy atom. The van der Waals surface area contributed by atoms with Gasteiger partial charge < -0.3 is 10.2 Å². The summed E-state index contributed by atoms with van der Waals surface area (Å²) in [4.78, 5) is 2.47. The Morgan fingerprint density at radius 2 is 2.29 bits per heavy atom. The van der Waals surface area contributed by atoms with Crippen molar-refractivity contribution in [3.8, 4) is 0 Å². The number of anilines is 1. The summed E-state index contributed by atoms with van der Waals surface area (Å²) < 4.78 is 1.93. The van der Waals surface area contributed by atoms with Crippen LogP contribution in [0.25, 0.3) is 0 Å². The lowest BCUT2D eigenvalue weighted by molar-refractivity contribution is 0.549. The lowest BCUT2D eigenvalue weighted by Gasteiger charge is -2.18. The number of nitrogens with zero attached hydrogens (tertiary/aromatic N) is 3. The minimum Gasteiger partial charge on any atom is -0.367 e. The zero-order valence-corrected chi connectivity index (χ0v) is 11.2. The van der Waals surface area contributed by atoms with E-state index in [-0.39, 0.29) is 0 Å². The molecular formula is C13H24N4. The maximum absolute atomic E-state index is 4.52. The van der Waals surface area contributed by atoms with Crippen LogP contribution in [0.15, 0.2) is 6.20 Å². The molecule has 2 heterocycles. The molecule has 1 aliphatic rings. The zero-order valence-electron chi connectivity index (χ0n) is 11.2. The van der Waals surface area contributed by atoms with Gasteiger partial charge in [-0.2, -0.15) is 5.10 Å². The average molecular weight is 236 g/mol. The number of aryl methyl sites for hydroxylation is 2. The molecule has 0 aliphatic carbocycles. The fraction of sp³-hybridized carbons (Fsp3) is 0.769. The van der Waals surface area contributed by atoms with Crippen molar-refractivity contribution in [1.82, 2.24) is 15.1 Å². The van der Waals surface area contributed by atoms with Gasteiger partial charge in [0.25, 0.3) is 0 Å². The van der Waals surface area contributed by atoms with Crippen LogP contribution in [-0.4, -0.2) is 35.5 Å². The topological polar surface area (TPSA) is 33.1 Å². The molecular weight excluding hydrogens is 212 g/mol. The zero-order chi connectivity index (χ0) is 12.3. The van der Waals surface area contributed by atoms with Crippen LogP contribution in [0.1, 0.15) is 32.4 Å². The molecule has 2 rings (SSSR count). The molecule has 0 bridgehead atoms. The smallest absolute Gasteiger partial charge is 0.0855 e. The van der Waals surface area contributed by atoms with Crippen LogP contribution >= 0.6 is 0 Å². The van der Waals surface area contributed by atoms with Crippen LogP contribution in [0.2, 0.25) is 0 Å². The number of hydrogen-bond acceptors (Lipinski definition) is 3. The van der Waals surface area contributed by atoms with E-state index in [1.54, 1.807) is 0 Å². The Kier molecular flexibility index (Phi) is 4.05. The van der Waals surface area contributed by atoms with E-state index in [9.17, 15) is 0 Å². The van der Waals surface area contributed by atoms with E-state index in [0.29, 0.717) is 6.04 Å². The Hall–Kier alpha value is -1.03. The molecule has 0 amide bonds. The van der Waals surface area contributed by atoms with E-state index in [0.717, 1.165) is 26.1 Å². The van der Waals surface area contributed by atoms with Crippen molar-refractivity contribution in [2.75, 3.05) is 24.5 Å². The molecule has 1 saturated heterocycles. The molecule has 96 valence electrons. The van der Waals surface area contributed by atoms with Crippen LogP contribution in [0.4, 0.5) is 5.69 Å². The van der Waals surface area contributed by atoms with Crippen molar-refractivity contribution in [2.45, 2.75) is 39.2 Å². The lowest BCUT2D eigenvalue weighted by atomic mass is 10.2. The van der Waals surface area contributed by atoms with E-state index in [1.807, 2.05) is 11.7 Å². The van der Waals surface area contributed by atoms with E-state index >= 15 is 0 Å². The van der Waals surface area contributed by atoms with Gasteiger partial charge >= 0.3 is 0 Å². The second-order valence-corrected chi connectivity index (χ2v) is 4.87. The second-order valence-electron chi connectivity index (χ2n) is 4.87. The van der Waals surface area contributed by atoms with Gasteiger partial charge in [0.15, 0.2) is 0 Å². The largest absolute Gasteiger partial charge is 0.367 e. The number of nitrogens with one attached hydrogen (secondary N) is 1. The molecule has 1 unspecified atom stereocenters. The molecule has 1 atom stereocenters. The SMILES string of the molecule is CCCNC1CCN(c2cn(C)nc2CC)C1. The molecule has 0 saturated carbocycles. The van der Waals surface area contributed by atoms with Crippen molar-refractivity contribution in [3.63, 3.8) is 0 Å². The first-order valence-corrected chi connectivity index (χ1v) is 6.75. The van der Waals surface area contributed by atoms with E-state index < -0.39 is 0 Å². The molecule has 1 fully saturated rings. The van der Waals surface area contributed by atoms with Crippen molar-refractivity contribution in [1.29, 1.82) is 0 Å². The van der Waals surface area contributed by atoms with Crippen LogP contribution in [0, 0.1) is 0 Å². The Morgan fingerprint density at radius 1 is 1.47 bits per heavy atom. The van der Waals surface area contributed by atoms with Crippen molar-refractivity contribution in [3.05, 3.63) is 11.9 Å². The number of aromatic nitrogens is 2. The van der Waals surface area contributed by atoms with Crippen molar-refractivity contribution < 1.29 is 0 Å². The van der Waals surface area contributed by atoms with E-state index in [4.69, 9.17) is 0 Å². The van der Waals surface area contributed by atoms with Crippen molar-refractivity contribution in [2.24, 2.45) is 7.05 Å². The fourth-order valence-corrected chi connectivity index (χ4v) is 2.53. The molecule has 1 aromatic heterocycles. The van der Waals surface area contributed by atoms with Gasteiger partial charge in [0.2, 0.25) is 0 Å². The summed E-state index contributed by atoms with van der Waals surface area (Å²) in [6.45, 7) is 7.80. The van der Waals surface area contributed by atoms with Gasteiger partial charge in [-0.1, -0.05) is 13.8 Å². The summed E-state index contributed by atoms with van der Waals surface area (Å²) in [6, 6.07) is 0.653. The first kappa shape index (κ1) is 12.4. The number of hydrogen-bond donors (Lipinski definition) is 1. The Labute approximate surface area is 104 Å². The lowest BCUT2D eigenvalue weighted by Crippen LogP contribution is -2.33. The maximum atomic E-state index is 4.52. The van der Waals surface area contributed by atoms with Crippen LogP contribution < -0.4 is 10.2 Å². The molecule has 0 aromatic carbocycles. The van der Waals surface area contributed by atoms with Gasteiger partial charge in [-0.3, -0.25) is 4.68 Å². The summed E-state index contributed by atoms with van der Waals surface area (Å²) in [7, 11) is 2.01. The fourth-order valence-electron chi connectivity index (χ4n) is 2.53. The molecule has 1 aromatic rings. The Balaban J connectivity index is 1.99. The highest BCUT2D eigenvalue weighted by atomic mass is 15.3. The van der Waals surface area contributed by atoms with Gasteiger partial charge in [-0.25, -0.2) is 0 Å². The van der Waals surface area contributed by atoms with E-state index in [1.165, 1.54) is 24.2 Å². The first-order chi connectivity index (χ1) is 8.24. The highest BCUT2D eigenvalue weighted by molar-refractivity contribution is 5.50. The molecule has 4 heteroatoms. The summed E-state index contributed by atoms with van der Waals surface area (Å²) in [5.74, 6) is 0. The molecule has 0 radical (unpaired) electrons. The van der Waals surface area contributed by atoms with Crippen LogP contribution in [0.5, 0.6) is 0 Å². The van der Waals surface area contributed by atoms with Gasteiger partial charge in [-0.05, 0) is 25.8 Å². The van der Waals surface area contributed by atoms with Crippen LogP contribution in [0.3, 0.4) is 0 Å². The minimum atomic E-state index is 0.653. The predicted octanol–water partition coefficient (Wildman–Crippen LogP) is 1.56. The van der Waals surface area contributed by atoms with Crippen LogP contribution in [-0.2, 0) is 13.5 Å². The highest BCUT2D eigenvalue weighted by Gasteiger charge is 2.24. The first-order valence-electron chi connectivity index (χ1n) is 6.75. The summed E-state index contributed by atoms with van der Waals surface area (Å²) >= 11 is 0. The van der Waals surface area contributed by atoms with E-state index in [2.05, 4.69) is 35.4 Å². The van der Waals surface area contributed by atoms with Gasteiger partial charge in [0, 0.05) is 32.4 Å². The maximum Gasteiger partial charge on any atom is 0.0855 e. The molecule has 1 N–H and O–H groups in total. The molecule has 1 aliphatic heterocycles. The normalized spacial score (nSPS) is 20.2. The monoisotopic (exact) mass is 236 g/mol. The predicted molar refractivity (Wildman–Crippen MR) is 71.5 cm³/mol. The third kappa shape index (κ3) is 2.80. The quantitative estimate of drug-likeness (QED) is 0.842.